The Morgan fingerprint density at radius 2 is 2.11 bits per heavy atom. The molecule has 1 unspecified atom stereocenters. The minimum Gasteiger partial charge on any atom is -0.497 e. The average molecular weight is 398 g/mol. The van der Waals surface area contributed by atoms with Crippen molar-refractivity contribution in [1.82, 2.24) is 14.9 Å². The van der Waals surface area contributed by atoms with Crippen molar-refractivity contribution in [1.29, 1.82) is 0 Å². The van der Waals surface area contributed by atoms with Gasteiger partial charge in [0.05, 0.1) is 24.9 Å². The van der Waals surface area contributed by atoms with E-state index in [9.17, 15) is 9.59 Å². The van der Waals surface area contributed by atoms with Crippen LogP contribution in [0.1, 0.15) is 36.2 Å². The van der Waals surface area contributed by atoms with Crippen molar-refractivity contribution in [2.24, 2.45) is 5.92 Å². The molecular weight excluding hydrogens is 374 g/mol. The Balaban J connectivity index is 1.51. The first kappa shape index (κ1) is 18.7. The second-order valence-electron chi connectivity index (χ2n) is 7.12. The van der Waals surface area contributed by atoms with Gasteiger partial charge < -0.3 is 10.1 Å². The van der Waals surface area contributed by atoms with Gasteiger partial charge >= 0.3 is 0 Å². The van der Waals surface area contributed by atoms with Gasteiger partial charge in [0.25, 0.3) is 5.56 Å². The van der Waals surface area contributed by atoms with Gasteiger partial charge in [0.2, 0.25) is 5.91 Å². The van der Waals surface area contributed by atoms with Crippen LogP contribution in [-0.2, 0) is 17.8 Å². The third-order valence-corrected chi connectivity index (χ3v) is 6.30. The lowest BCUT2D eigenvalue weighted by molar-refractivity contribution is -0.122. The zero-order valence-corrected chi connectivity index (χ0v) is 16.8. The third-order valence-electron chi connectivity index (χ3n) is 5.12. The molecule has 1 atom stereocenters. The van der Waals surface area contributed by atoms with Gasteiger partial charge in [-0.25, -0.2) is 4.98 Å². The highest BCUT2D eigenvalue weighted by Crippen LogP contribution is 2.41. The van der Waals surface area contributed by atoms with Crippen LogP contribution in [-0.4, -0.2) is 22.6 Å². The number of nitrogens with zero attached hydrogens (tertiary/aromatic N) is 2. The minimum atomic E-state index is -0.179. The molecule has 6 nitrogen and oxygen atoms in total. The molecule has 1 N–H and O–H groups in total. The molecule has 1 aromatic carbocycles. The maximum absolute atomic E-state index is 12.7. The second kappa shape index (κ2) is 7.75. The zero-order chi connectivity index (χ0) is 19.7. The van der Waals surface area contributed by atoms with Crippen molar-refractivity contribution in [2.45, 2.75) is 38.8 Å². The Hall–Kier alpha value is -2.67. The van der Waals surface area contributed by atoms with Crippen LogP contribution in [0, 0.1) is 5.92 Å². The third kappa shape index (κ3) is 3.80. The maximum Gasteiger partial charge on any atom is 0.262 e. The van der Waals surface area contributed by atoms with Crippen LogP contribution in [0.5, 0.6) is 5.75 Å². The van der Waals surface area contributed by atoms with E-state index in [0.29, 0.717) is 11.3 Å². The number of aromatic nitrogens is 2. The Kier molecular flexibility index (Phi) is 5.17. The van der Waals surface area contributed by atoms with Crippen LogP contribution in [0.25, 0.3) is 10.2 Å². The molecule has 4 rings (SSSR count). The topological polar surface area (TPSA) is 73.2 Å². The molecule has 7 heteroatoms. The predicted octanol–water partition coefficient (Wildman–Crippen LogP) is 3.30. The van der Waals surface area contributed by atoms with Gasteiger partial charge in [-0.2, -0.15) is 0 Å². The number of nitrogens with one attached hydrogen (secondary N) is 1. The van der Waals surface area contributed by atoms with Crippen molar-refractivity contribution in [2.75, 3.05) is 7.11 Å². The standard InChI is InChI=1S/C21H23N3O3S/c1-3-16-10-17-20(28-16)22-12-24(21(17)26)11-18(25)23-19(13-4-5-13)14-6-8-15(27-2)9-7-14/h6-10,12-13,19H,3-5,11H2,1-2H3,(H,23,25). The summed E-state index contributed by atoms with van der Waals surface area (Å²) in [6, 6.07) is 9.62. The van der Waals surface area contributed by atoms with E-state index >= 15 is 0 Å². The van der Waals surface area contributed by atoms with Crippen LogP contribution in [0.3, 0.4) is 0 Å². The van der Waals surface area contributed by atoms with Crippen LogP contribution < -0.4 is 15.6 Å². The van der Waals surface area contributed by atoms with E-state index in [0.717, 1.165) is 40.3 Å². The molecule has 146 valence electrons. The molecule has 0 bridgehead atoms. The van der Waals surface area contributed by atoms with Gasteiger partial charge in [0.1, 0.15) is 17.1 Å². The molecular formula is C21H23N3O3S. The van der Waals surface area contributed by atoms with E-state index in [1.165, 1.54) is 22.2 Å². The molecule has 2 aromatic heterocycles. The van der Waals surface area contributed by atoms with Gasteiger partial charge in [-0.3, -0.25) is 14.2 Å². The summed E-state index contributed by atoms with van der Waals surface area (Å²) in [4.78, 5) is 31.6. The summed E-state index contributed by atoms with van der Waals surface area (Å²) in [7, 11) is 1.63. The monoisotopic (exact) mass is 397 g/mol. The molecule has 1 aliphatic rings. The number of rotatable bonds is 7. The highest BCUT2D eigenvalue weighted by molar-refractivity contribution is 7.18. The van der Waals surface area contributed by atoms with Gasteiger partial charge in [-0.15, -0.1) is 11.3 Å². The maximum atomic E-state index is 12.7. The van der Waals surface area contributed by atoms with E-state index in [1.807, 2.05) is 37.3 Å². The number of methoxy groups -OCH3 is 1. The fraction of sp³-hybridized carbons (Fsp3) is 0.381. The normalized spacial score (nSPS) is 14.8. The molecule has 0 radical (unpaired) electrons. The molecule has 1 amide bonds. The number of amides is 1. The Bertz CT molecular complexity index is 1050. The molecule has 28 heavy (non-hydrogen) atoms. The highest BCUT2D eigenvalue weighted by atomic mass is 32.1. The number of hydrogen-bond acceptors (Lipinski definition) is 5. The predicted molar refractivity (Wildman–Crippen MR) is 110 cm³/mol. The molecule has 1 fully saturated rings. The molecule has 3 aromatic rings. The number of benzene rings is 1. The van der Waals surface area contributed by atoms with Crippen LogP contribution in [0.4, 0.5) is 0 Å². The summed E-state index contributed by atoms with van der Waals surface area (Å²) < 4.78 is 6.60. The number of hydrogen-bond donors (Lipinski definition) is 1. The van der Waals surface area contributed by atoms with Gasteiger partial charge in [0.15, 0.2) is 0 Å². The molecule has 1 saturated carbocycles. The number of carbonyl (C=O) groups is 1. The van der Waals surface area contributed by atoms with Crippen LogP contribution in [0.15, 0.2) is 41.5 Å². The lowest BCUT2D eigenvalue weighted by Gasteiger charge is -2.19. The van der Waals surface area contributed by atoms with Crippen molar-refractivity contribution >= 4 is 27.5 Å². The van der Waals surface area contributed by atoms with E-state index < -0.39 is 0 Å². The van der Waals surface area contributed by atoms with E-state index in [1.54, 1.807) is 7.11 Å². The molecule has 1 aliphatic carbocycles. The van der Waals surface area contributed by atoms with Gasteiger partial charge in [-0.1, -0.05) is 19.1 Å². The Morgan fingerprint density at radius 1 is 1.36 bits per heavy atom. The summed E-state index contributed by atoms with van der Waals surface area (Å²) in [5.74, 6) is 1.05. The van der Waals surface area contributed by atoms with E-state index in [-0.39, 0.29) is 24.1 Å². The number of ether oxygens (including phenoxy) is 1. The summed E-state index contributed by atoms with van der Waals surface area (Å²) >= 11 is 1.53. The summed E-state index contributed by atoms with van der Waals surface area (Å²) in [6.45, 7) is 2.02. The quantitative estimate of drug-likeness (QED) is 0.664. The smallest absolute Gasteiger partial charge is 0.262 e. The van der Waals surface area contributed by atoms with Crippen LogP contribution >= 0.6 is 11.3 Å². The van der Waals surface area contributed by atoms with E-state index in [2.05, 4.69) is 10.3 Å². The first-order valence-corrected chi connectivity index (χ1v) is 10.3. The van der Waals surface area contributed by atoms with Crippen molar-refractivity contribution in [3.8, 4) is 5.75 Å². The number of aryl methyl sites for hydroxylation is 1. The van der Waals surface area contributed by atoms with Crippen molar-refractivity contribution in [3.63, 3.8) is 0 Å². The van der Waals surface area contributed by atoms with Crippen molar-refractivity contribution < 1.29 is 9.53 Å². The van der Waals surface area contributed by atoms with Gasteiger partial charge in [0, 0.05) is 4.88 Å². The highest BCUT2D eigenvalue weighted by Gasteiger charge is 2.33. The fourth-order valence-electron chi connectivity index (χ4n) is 3.38. The van der Waals surface area contributed by atoms with Crippen LogP contribution in [0.2, 0.25) is 0 Å². The first-order valence-electron chi connectivity index (χ1n) is 9.50. The molecule has 2 heterocycles. The lowest BCUT2D eigenvalue weighted by atomic mass is 10.0. The largest absolute Gasteiger partial charge is 0.497 e. The van der Waals surface area contributed by atoms with Gasteiger partial charge in [-0.05, 0) is 48.9 Å². The zero-order valence-electron chi connectivity index (χ0n) is 16.0. The number of fused-ring (bicyclic) bond motifs is 1. The second-order valence-corrected chi connectivity index (χ2v) is 8.23. The first-order chi connectivity index (χ1) is 13.6. The summed E-state index contributed by atoms with van der Waals surface area (Å²) in [5.41, 5.74) is 0.895. The number of thiophene rings is 1. The Morgan fingerprint density at radius 3 is 2.75 bits per heavy atom. The lowest BCUT2D eigenvalue weighted by Crippen LogP contribution is -2.35. The van der Waals surface area contributed by atoms with E-state index in [4.69, 9.17) is 4.74 Å². The molecule has 0 aliphatic heterocycles. The molecule has 0 saturated heterocycles. The SMILES string of the molecule is CCc1cc2c(=O)n(CC(=O)NC(c3ccc(OC)cc3)C3CC3)cnc2s1. The molecule has 0 spiro atoms. The minimum absolute atomic E-state index is 0.0293. The average Bonchev–Trinajstić information content (AvgIpc) is 3.46. The van der Waals surface area contributed by atoms with Crippen molar-refractivity contribution in [3.05, 3.63) is 57.5 Å². The number of carbonyl (C=O) groups excluding carboxylic acids is 1. The summed E-state index contributed by atoms with van der Waals surface area (Å²) in [6.07, 6.45) is 4.53. The summed E-state index contributed by atoms with van der Waals surface area (Å²) in [5, 5.41) is 3.70. The fourth-order valence-corrected chi connectivity index (χ4v) is 4.31. The Labute approximate surface area is 167 Å².